The Morgan fingerprint density at radius 2 is 2.30 bits per heavy atom. The molecule has 3 heterocycles. The van der Waals surface area contributed by atoms with Crippen molar-refractivity contribution in [1.82, 2.24) is 20.1 Å². The van der Waals surface area contributed by atoms with E-state index in [1.807, 2.05) is 47.7 Å². The Balaban J connectivity index is 1.60. The van der Waals surface area contributed by atoms with Crippen molar-refractivity contribution in [3.05, 3.63) is 57.7 Å². The van der Waals surface area contributed by atoms with Crippen molar-refractivity contribution in [2.45, 2.75) is 19.9 Å². The number of aromatic nitrogens is 3. The molecule has 0 bridgehead atoms. The zero-order valence-corrected chi connectivity index (χ0v) is 13.6. The van der Waals surface area contributed by atoms with Crippen LogP contribution in [0.4, 0.5) is 0 Å². The molecule has 3 aromatic rings. The van der Waals surface area contributed by atoms with E-state index in [-0.39, 0.29) is 5.91 Å². The van der Waals surface area contributed by atoms with Crippen LogP contribution in [0.5, 0.6) is 0 Å². The highest BCUT2D eigenvalue weighted by atomic mass is 32.1. The van der Waals surface area contributed by atoms with Crippen molar-refractivity contribution in [1.29, 1.82) is 0 Å². The second kappa shape index (κ2) is 5.62. The molecule has 1 aliphatic rings. The highest BCUT2D eigenvalue weighted by molar-refractivity contribution is 7.09. The molecule has 0 saturated heterocycles. The van der Waals surface area contributed by atoms with Gasteiger partial charge in [-0.05, 0) is 19.1 Å². The van der Waals surface area contributed by atoms with Gasteiger partial charge in [-0.15, -0.1) is 11.3 Å². The molecule has 0 atom stereocenters. The average Bonchev–Trinajstić information content (AvgIpc) is 3.22. The number of carbonyl (C=O) groups is 1. The van der Waals surface area contributed by atoms with Crippen LogP contribution in [0.3, 0.4) is 0 Å². The van der Waals surface area contributed by atoms with Gasteiger partial charge in [0.05, 0.1) is 16.9 Å². The van der Waals surface area contributed by atoms with Crippen LogP contribution in [0.2, 0.25) is 0 Å². The molecule has 0 fully saturated rings. The Morgan fingerprint density at radius 1 is 1.39 bits per heavy atom. The zero-order valence-electron chi connectivity index (χ0n) is 12.7. The van der Waals surface area contributed by atoms with E-state index in [1.54, 1.807) is 11.3 Å². The number of carbonyl (C=O) groups excluding carboxylic acids is 1. The summed E-state index contributed by atoms with van der Waals surface area (Å²) in [7, 11) is 0. The molecule has 1 amide bonds. The van der Waals surface area contributed by atoms with Crippen molar-refractivity contribution >= 4 is 17.2 Å². The Labute approximate surface area is 138 Å². The maximum atomic E-state index is 12.8. The SMILES string of the molecule is Cc1nc(-c2cccc(C(=O)N3CCc4[nH]ncc4C3)c2)cs1. The smallest absolute Gasteiger partial charge is 0.254 e. The lowest BCUT2D eigenvalue weighted by Gasteiger charge is -2.26. The summed E-state index contributed by atoms with van der Waals surface area (Å²) in [6, 6.07) is 7.72. The minimum atomic E-state index is 0.0608. The third kappa shape index (κ3) is 2.66. The molecule has 4 rings (SSSR count). The fourth-order valence-corrected chi connectivity index (χ4v) is 3.51. The second-order valence-electron chi connectivity index (χ2n) is 5.68. The van der Waals surface area contributed by atoms with E-state index >= 15 is 0 Å². The molecule has 23 heavy (non-hydrogen) atoms. The number of hydrogen-bond donors (Lipinski definition) is 1. The lowest BCUT2D eigenvalue weighted by atomic mass is 10.0. The van der Waals surface area contributed by atoms with Gasteiger partial charge in [0.1, 0.15) is 0 Å². The van der Waals surface area contributed by atoms with Gasteiger partial charge in [-0.1, -0.05) is 12.1 Å². The summed E-state index contributed by atoms with van der Waals surface area (Å²) in [6.07, 6.45) is 2.63. The minimum Gasteiger partial charge on any atom is -0.334 e. The van der Waals surface area contributed by atoms with E-state index in [2.05, 4.69) is 15.2 Å². The third-order valence-electron chi connectivity index (χ3n) is 4.11. The standard InChI is InChI=1S/C17H16N4OS/c1-11-19-16(10-23-11)12-3-2-4-13(7-12)17(22)21-6-5-15-14(9-21)8-18-20-15/h2-4,7-8,10H,5-6,9H2,1H3,(H,18,20). The lowest BCUT2D eigenvalue weighted by Crippen LogP contribution is -2.35. The molecule has 1 N–H and O–H groups in total. The first-order valence-corrected chi connectivity index (χ1v) is 8.41. The first-order chi connectivity index (χ1) is 11.2. The molecule has 0 radical (unpaired) electrons. The molecule has 1 aliphatic heterocycles. The molecule has 1 aromatic carbocycles. The average molecular weight is 324 g/mol. The molecule has 0 saturated carbocycles. The first kappa shape index (κ1) is 14.1. The Morgan fingerprint density at radius 3 is 3.13 bits per heavy atom. The molecule has 2 aromatic heterocycles. The van der Waals surface area contributed by atoms with Gasteiger partial charge in [0.15, 0.2) is 0 Å². The molecule has 0 spiro atoms. The maximum Gasteiger partial charge on any atom is 0.254 e. The number of H-pyrrole nitrogens is 1. The summed E-state index contributed by atoms with van der Waals surface area (Å²) in [6.45, 7) is 3.32. The molecule has 6 heteroatoms. The number of thiazole rings is 1. The van der Waals surface area contributed by atoms with E-state index in [9.17, 15) is 4.79 Å². The van der Waals surface area contributed by atoms with Crippen molar-refractivity contribution in [2.75, 3.05) is 6.54 Å². The highest BCUT2D eigenvalue weighted by Gasteiger charge is 2.23. The van der Waals surface area contributed by atoms with Crippen LogP contribution in [0.15, 0.2) is 35.8 Å². The van der Waals surface area contributed by atoms with E-state index in [4.69, 9.17) is 0 Å². The topological polar surface area (TPSA) is 61.9 Å². The van der Waals surface area contributed by atoms with Gasteiger partial charge in [0, 0.05) is 47.3 Å². The molecule has 5 nitrogen and oxygen atoms in total. The molecular weight excluding hydrogens is 308 g/mol. The minimum absolute atomic E-state index is 0.0608. The highest BCUT2D eigenvalue weighted by Crippen LogP contribution is 2.24. The Hall–Kier alpha value is -2.47. The second-order valence-corrected chi connectivity index (χ2v) is 6.75. The predicted octanol–water partition coefficient (Wildman–Crippen LogP) is 3.04. The van der Waals surface area contributed by atoms with Crippen LogP contribution < -0.4 is 0 Å². The Kier molecular flexibility index (Phi) is 3.46. The first-order valence-electron chi connectivity index (χ1n) is 7.53. The summed E-state index contributed by atoms with van der Waals surface area (Å²) in [5.41, 5.74) is 4.87. The van der Waals surface area contributed by atoms with Crippen molar-refractivity contribution in [3.8, 4) is 11.3 Å². The van der Waals surface area contributed by atoms with Gasteiger partial charge in [-0.3, -0.25) is 9.89 Å². The van der Waals surface area contributed by atoms with Crippen LogP contribution in [0.1, 0.15) is 26.6 Å². The van der Waals surface area contributed by atoms with Crippen LogP contribution in [-0.4, -0.2) is 32.5 Å². The fourth-order valence-electron chi connectivity index (χ4n) is 2.89. The molecular formula is C17H16N4OS. The number of nitrogens with zero attached hydrogens (tertiary/aromatic N) is 3. The van der Waals surface area contributed by atoms with Gasteiger partial charge >= 0.3 is 0 Å². The summed E-state index contributed by atoms with van der Waals surface area (Å²) >= 11 is 1.62. The van der Waals surface area contributed by atoms with Gasteiger partial charge in [0.2, 0.25) is 0 Å². The van der Waals surface area contributed by atoms with Gasteiger partial charge in [0.25, 0.3) is 5.91 Å². The summed E-state index contributed by atoms with van der Waals surface area (Å²) < 4.78 is 0. The monoisotopic (exact) mass is 324 g/mol. The van der Waals surface area contributed by atoms with Crippen molar-refractivity contribution in [2.24, 2.45) is 0 Å². The van der Waals surface area contributed by atoms with Crippen LogP contribution >= 0.6 is 11.3 Å². The Bertz CT molecular complexity index is 867. The fraction of sp³-hybridized carbons (Fsp3) is 0.235. The van der Waals surface area contributed by atoms with Crippen LogP contribution in [0, 0.1) is 6.92 Å². The van der Waals surface area contributed by atoms with Crippen molar-refractivity contribution < 1.29 is 4.79 Å². The molecule has 0 aliphatic carbocycles. The normalized spacial score (nSPS) is 13.9. The number of aromatic amines is 1. The van der Waals surface area contributed by atoms with E-state index < -0.39 is 0 Å². The lowest BCUT2D eigenvalue weighted by molar-refractivity contribution is 0.0734. The van der Waals surface area contributed by atoms with E-state index in [0.29, 0.717) is 18.7 Å². The van der Waals surface area contributed by atoms with E-state index in [0.717, 1.165) is 33.9 Å². The number of nitrogens with one attached hydrogen (secondary N) is 1. The van der Waals surface area contributed by atoms with Crippen LogP contribution in [-0.2, 0) is 13.0 Å². The number of rotatable bonds is 2. The van der Waals surface area contributed by atoms with Crippen molar-refractivity contribution in [3.63, 3.8) is 0 Å². The quantitative estimate of drug-likeness (QED) is 0.788. The number of amides is 1. The number of aryl methyl sites for hydroxylation is 1. The summed E-state index contributed by atoms with van der Waals surface area (Å²) in [4.78, 5) is 19.2. The summed E-state index contributed by atoms with van der Waals surface area (Å²) in [5.74, 6) is 0.0608. The zero-order chi connectivity index (χ0) is 15.8. The predicted molar refractivity (Wildman–Crippen MR) is 89.3 cm³/mol. The van der Waals surface area contributed by atoms with Gasteiger partial charge in [-0.2, -0.15) is 5.10 Å². The van der Waals surface area contributed by atoms with Gasteiger partial charge in [-0.25, -0.2) is 4.98 Å². The molecule has 0 unspecified atom stereocenters. The molecule has 116 valence electrons. The van der Waals surface area contributed by atoms with Gasteiger partial charge < -0.3 is 4.90 Å². The number of benzene rings is 1. The number of fused-ring (bicyclic) bond motifs is 1. The maximum absolute atomic E-state index is 12.8. The summed E-state index contributed by atoms with van der Waals surface area (Å²) in [5, 5.41) is 10.1. The number of hydrogen-bond acceptors (Lipinski definition) is 4. The third-order valence-corrected chi connectivity index (χ3v) is 4.89. The van der Waals surface area contributed by atoms with E-state index in [1.165, 1.54) is 0 Å². The largest absolute Gasteiger partial charge is 0.334 e. The van der Waals surface area contributed by atoms with Crippen LogP contribution in [0.25, 0.3) is 11.3 Å².